The van der Waals surface area contributed by atoms with Gasteiger partial charge in [0.2, 0.25) is 0 Å². The molecule has 1 N–H and O–H groups in total. The molecule has 0 fully saturated rings. The predicted octanol–water partition coefficient (Wildman–Crippen LogP) is 6.80. The highest BCUT2D eigenvalue weighted by molar-refractivity contribution is 6.06. The summed E-state index contributed by atoms with van der Waals surface area (Å²) in [5.74, 6) is 0.230. The lowest BCUT2D eigenvalue weighted by atomic mass is 9.78. The summed E-state index contributed by atoms with van der Waals surface area (Å²) in [6.45, 7) is 8.59. The zero-order chi connectivity index (χ0) is 18.5. The van der Waals surface area contributed by atoms with Gasteiger partial charge in [0.1, 0.15) is 0 Å². The normalized spacial score (nSPS) is 16.5. The van der Waals surface area contributed by atoms with Crippen LogP contribution in [0.4, 0.5) is 0 Å². The van der Waals surface area contributed by atoms with Crippen molar-refractivity contribution in [3.63, 3.8) is 0 Å². The Bertz CT molecular complexity index is 1050. The van der Waals surface area contributed by atoms with E-state index >= 15 is 0 Å². The second-order valence-electron chi connectivity index (χ2n) is 8.36. The van der Waals surface area contributed by atoms with Gasteiger partial charge in [-0.2, -0.15) is 0 Å². The van der Waals surface area contributed by atoms with Crippen LogP contribution < -0.4 is 0 Å². The van der Waals surface area contributed by atoms with Gasteiger partial charge in [0, 0.05) is 22.6 Å². The van der Waals surface area contributed by atoms with Crippen molar-refractivity contribution in [3.05, 3.63) is 88.5 Å². The molecule has 1 heteroatoms. The highest BCUT2D eigenvalue weighted by Gasteiger charge is 2.29. The van der Waals surface area contributed by atoms with Crippen molar-refractivity contribution in [1.29, 1.82) is 5.41 Å². The molecule has 26 heavy (non-hydrogen) atoms. The molecule has 130 valence electrons. The SMILES string of the molecule is CC1=Cc2ccccc2C1c1cc2ccccc2cc1C(=N)C(C)(C)C. The van der Waals surface area contributed by atoms with Gasteiger partial charge in [-0.05, 0) is 46.5 Å². The standard InChI is InChI=1S/C25H25N/c1-16-13-19-11-7-8-12-20(19)23(16)21-14-17-9-5-6-10-18(17)15-22(21)24(26)25(2,3)4/h5-15,23,26H,1-4H3. The molecule has 0 heterocycles. The second kappa shape index (κ2) is 5.95. The van der Waals surface area contributed by atoms with Gasteiger partial charge in [0.15, 0.2) is 0 Å². The van der Waals surface area contributed by atoms with Crippen molar-refractivity contribution >= 4 is 22.6 Å². The first-order chi connectivity index (χ1) is 12.4. The second-order valence-corrected chi connectivity index (χ2v) is 8.36. The fraction of sp³-hybridized carbons (Fsp3) is 0.240. The number of fused-ring (bicyclic) bond motifs is 2. The quantitative estimate of drug-likeness (QED) is 0.496. The van der Waals surface area contributed by atoms with E-state index in [1.165, 1.54) is 33.0 Å². The van der Waals surface area contributed by atoms with Gasteiger partial charge in [0.25, 0.3) is 0 Å². The van der Waals surface area contributed by atoms with Gasteiger partial charge < -0.3 is 5.41 Å². The lowest BCUT2D eigenvalue weighted by Gasteiger charge is -2.26. The van der Waals surface area contributed by atoms with Gasteiger partial charge in [-0.15, -0.1) is 0 Å². The molecule has 0 spiro atoms. The van der Waals surface area contributed by atoms with E-state index in [9.17, 15) is 0 Å². The summed E-state index contributed by atoms with van der Waals surface area (Å²) < 4.78 is 0. The fourth-order valence-corrected chi connectivity index (χ4v) is 4.01. The van der Waals surface area contributed by atoms with E-state index in [4.69, 9.17) is 5.41 Å². The van der Waals surface area contributed by atoms with Crippen molar-refractivity contribution in [1.82, 2.24) is 0 Å². The maximum atomic E-state index is 8.89. The number of benzene rings is 3. The predicted molar refractivity (Wildman–Crippen MR) is 112 cm³/mol. The highest BCUT2D eigenvalue weighted by atomic mass is 14.5. The maximum Gasteiger partial charge on any atom is 0.0442 e. The van der Waals surface area contributed by atoms with Crippen LogP contribution in [0.5, 0.6) is 0 Å². The number of hydrogen-bond acceptors (Lipinski definition) is 1. The molecule has 0 saturated carbocycles. The van der Waals surface area contributed by atoms with Gasteiger partial charge in [0.05, 0.1) is 0 Å². The summed E-state index contributed by atoms with van der Waals surface area (Å²) in [7, 11) is 0. The molecule has 3 aromatic carbocycles. The van der Waals surface area contributed by atoms with E-state index in [1.807, 2.05) is 0 Å². The first kappa shape index (κ1) is 16.8. The van der Waals surface area contributed by atoms with E-state index in [0.29, 0.717) is 5.71 Å². The van der Waals surface area contributed by atoms with Crippen LogP contribution >= 0.6 is 0 Å². The summed E-state index contributed by atoms with van der Waals surface area (Å²) in [5.41, 5.74) is 6.85. The number of nitrogens with one attached hydrogen (secondary N) is 1. The first-order valence-electron chi connectivity index (χ1n) is 9.25. The minimum absolute atomic E-state index is 0.188. The van der Waals surface area contributed by atoms with Crippen LogP contribution in [0.3, 0.4) is 0 Å². The Labute approximate surface area is 155 Å². The molecule has 0 saturated heterocycles. The van der Waals surface area contributed by atoms with E-state index in [0.717, 1.165) is 5.56 Å². The summed E-state index contributed by atoms with van der Waals surface area (Å²) >= 11 is 0. The average molecular weight is 339 g/mol. The summed E-state index contributed by atoms with van der Waals surface area (Å²) in [5, 5.41) is 11.3. The smallest absolute Gasteiger partial charge is 0.0442 e. The molecule has 0 amide bonds. The molecular formula is C25H25N. The van der Waals surface area contributed by atoms with Crippen LogP contribution in [-0.2, 0) is 0 Å². The van der Waals surface area contributed by atoms with Crippen molar-refractivity contribution in [2.24, 2.45) is 5.41 Å². The third-order valence-electron chi connectivity index (χ3n) is 5.39. The molecule has 1 aliphatic rings. The van der Waals surface area contributed by atoms with Crippen LogP contribution in [0.1, 0.15) is 55.9 Å². The fourth-order valence-electron chi connectivity index (χ4n) is 4.01. The number of rotatable bonds is 2. The van der Waals surface area contributed by atoms with Gasteiger partial charge in [-0.1, -0.05) is 81.0 Å². The van der Waals surface area contributed by atoms with Crippen LogP contribution in [0.25, 0.3) is 16.8 Å². The Balaban J connectivity index is 2.00. The molecule has 1 nitrogen and oxygen atoms in total. The third kappa shape index (κ3) is 2.68. The largest absolute Gasteiger partial charge is 0.304 e. The number of hydrogen-bond donors (Lipinski definition) is 1. The van der Waals surface area contributed by atoms with Crippen LogP contribution in [0.2, 0.25) is 0 Å². The molecule has 4 rings (SSSR count). The zero-order valence-corrected chi connectivity index (χ0v) is 15.9. The lowest BCUT2D eigenvalue weighted by molar-refractivity contribution is 0.588. The average Bonchev–Trinajstić information content (AvgIpc) is 2.94. The molecule has 0 aliphatic heterocycles. The Morgan fingerprint density at radius 1 is 0.846 bits per heavy atom. The summed E-state index contributed by atoms with van der Waals surface area (Å²) in [4.78, 5) is 0. The molecule has 0 bridgehead atoms. The van der Waals surface area contributed by atoms with E-state index in [1.54, 1.807) is 0 Å². The molecule has 1 aliphatic carbocycles. The molecule has 1 unspecified atom stereocenters. The molecule has 3 aromatic rings. The van der Waals surface area contributed by atoms with Crippen molar-refractivity contribution in [2.45, 2.75) is 33.6 Å². The van der Waals surface area contributed by atoms with E-state index in [-0.39, 0.29) is 11.3 Å². The minimum atomic E-state index is -0.188. The molecule has 0 radical (unpaired) electrons. The van der Waals surface area contributed by atoms with E-state index in [2.05, 4.69) is 94.4 Å². The Hall–Kier alpha value is -2.67. The number of allylic oxidation sites excluding steroid dienone is 1. The van der Waals surface area contributed by atoms with Crippen LogP contribution in [-0.4, -0.2) is 5.71 Å². The monoisotopic (exact) mass is 339 g/mol. The van der Waals surface area contributed by atoms with Crippen molar-refractivity contribution in [2.75, 3.05) is 0 Å². The zero-order valence-electron chi connectivity index (χ0n) is 15.9. The Morgan fingerprint density at radius 2 is 1.46 bits per heavy atom. The Kier molecular flexibility index (Phi) is 3.84. The van der Waals surface area contributed by atoms with Crippen molar-refractivity contribution in [3.8, 4) is 0 Å². The molecular weight excluding hydrogens is 314 g/mol. The molecule has 0 aromatic heterocycles. The lowest BCUT2D eigenvalue weighted by Crippen LogP contribution is -2.22. The maximum absolute atomic E-state index is 8.89. The van der Waals surface area contributed by atoms with Crippen molar-refractivity contribution < 1.29 is 0 Å². The topological polar surface area (TPSA) is 23.9 Å². The minimum Gasteiger partial charge on any atom is -0.304 e. The molecule has 1 atom stereocenters. The Morgan fingerprint density at radius 3 is 2.15 bits per heavy atom. The highest BCUT2D eigenvalue weighted by Crippen LogP contribution is 2.43. The summed E-state index contributed by atoms with van der Waals surface area (Å²) in [6, 6.07) is 21.6. The van der Waals surface area contributed by atoms with Crippen LogP contribution in [0, 0.1) is 10.8 Å². The van der Waals surface area contributed by atoms with Gasteiger partial charge in [-0.25, -0.2) is 0 Å². The van der Waals surface area contributed by atoms with Gasteiger partial charge in [-0.3, -0.25) is 0 Å². The van der Waals surface area contributed by atoms with Crippen LogP contribution in [0.15, 0.2) is 66.2 Å². The third-order valence-corrected chi connectivity index (χ3v) is 5.39. The van der Waals surface area contributed by atoms with Gasteiger partial charge >= 0.3 is 0 Å². The first-order valence-corrected chi connectivity index (χ1v) is 9.25. The van der Waals surface area contributed by atoms with E-state index < -0.39 is 0 Å². The summed E-state index contributed by atoms with van der Waals surface area (Å²) in [6.07, 6.45) is 2.29.